The third-order valence-electron chi connectivity index (χ3n) is 6.52. The van der Waals surface area contributed by atoms with E-state index in [1.807, 2.05) is 4.90 Å². The molecule has 1 amide bonds. The van der Waals surface area contributed by atoms with Gasteiger partial charge in [0, 0.05) is 25.2 Å². The lowest BCUT2D eigenvalue weighted by Gasteiger charge is -2.30. The predicted molar refractivity (Wildman–Crippen MR) is 129 cm³/mol. The first kappa shape index (κ1) is 22.8. The van der Waals surface area contributed by atoms with Crippen LogP contribution in [0.4, 0.5) is 4.79 Å². The molecule has 1 aliphatic heterocycles. The van der Waals surface area contributed by atoms with Crippen molar-refractivity contribution < 1.29 is 9.53 Å². The summed E-state index contributed by atoms with van der Waals surface area (Å²) in [6, 6.07) is 17.2. The van der Waals surface area contributed by atoms with Crippen LogP contribution in [0, 0.1) is 0 Å². The average Bonchev–Trinajstić information content (AvgIpc) is 3.02. The number of amides is 1. The molecule has 2 N–H and O–H groups in total. The van der Waals surface area contributed by atoms with Gasteiger partial charge in [0.1, 0.15) is 5.60 Å². The van der Waals surface area contributed by atoms with Crippen LogP contribution in [-0.2, 0) is 17.8 Å². The van der Waals surface area contributed by atoms with Crippen LogP contribution < -0.4 is 5.73 Å². The largest absolute Gasteiger partial charge is 0.441 e. The molecule has 2 aliphatic rings. The number of carbonyl (C=O) groups excluding carboxylic acids is 1. The molecule has 0 unspecified atom stereocenters. The minimum atomic E-state index is -0.241. The molecule has 2 fully saturated rings. The van der Waals surface area contributed by atoms with Crippen molar-refractivity contribution in [1.29, 1.82) is 0 Å². The Hall–Kier alpha value is -2.37. The van der Waals surface area contributed by atoms with Gasteiger partial charge in [-0.05, 0) is 74.9 Å². The highest BCUT2D eigenvalue weighted by atomic mass is 16.6. The Bertz CT molecular complexity index is 927. The molecule has 1 aliphatic carbocycles. The molecule has 0 atom stereocenters. The standard InChI is InChI=1S/C27H37N3O2/c1-26(2,28)19-29(3)17-21-10-12-23(13-11-21)24-9-7-8-22(16-24)18-30-20-27(32-25(30)31)14-5-4-6-15-27/h7-13,16H,4-6,14-15,17-20,28H2,1-3H3. The maximum absolute atomic E-state index is 12.5. The van der Waals surface area contributed by atoms with Gasteiger partial charge in [-0.3, -0.25) is 4.90 Å². The molecule has 2 aromatic carbocycles. The fourth-order valence-electron chi connectivity index (χ4n) is 5.21. The number of hydrogen-bond donors (Lipinski definition) is 1. The second-order valence-electron chi connectivity index (χ2n) is 10.5. The van der Waals surface area contributed by atoms with Gasteiger partial charge < -0.3 is 15.4 Å². The Balaban J connectivity index is 1.40. The van der Waals surface area contributed by atoms with Gasteiger partial charge in [0.15, 0.2) is 0 Å². The van der Waals surface area contributed by atoms with E-state index < -0.39 is 0 Å². The first-order valence-electron chi connectivity index (χ1n) is 11.9. The highest BCUT2D eigenvalue weighted by molar-refractivity contribution is 5.71. The van der Waals surface area contributed by atoms with Crippen molar-refractivity contribution in [3.05, 3.63) is 59.7 Å². The maximum atomic E-state index is 12.5. The molecular formula is C27H37N3O2. The molecule has 0 aromatic heterocycles. The van der Waals surface area contributed by atoms with Gasteiger partial charge in [0.2, 0.25) is 0 Å². The third kappa shape index (κ3) is 5.70. The van der Waals surface area contributed by atoms with Gasteiger partial charge in [0.05, 0.1) is 6.54 Å². The van der Waals surface area contributed by atoms with E-state index in [0.717, 1.165) is 50.9 Å². The average molecular weight is 436 g/mol. The Labute approximate surface area is 192 Å². The lowest BCUT2D eigenvalue weighted by atomic mass is 9.85. The van der Waals surface area contributed by atoms with Crippen LogP contribution in [0.5, 0.6) is 0 Å². The zero-order valence-corrected chi connectivity index (χ0v) is 19.8. The summed E-state index contributed by atoms with van der Waals surface area (Å²) in [6.45, 7) is 7.15. The monoisotopic (exact) mass is 435 g/mol. The van der Waals surface area contributed by atoms with Crippen LogP contribution in [0.15, 0.2) is 48.5 Å². The minimum absolute atomic E-state index is 0.161. The summed E-state index contributed by atoms with van der Waals surface area (Å²) < 4.78 is 5.84. The molecule has 1 heterocycles. The number of benzene rings is 2. The van der Waals surface area contributed by atoms with Crippen LogP contribution in [0.25, 0.3) is 11.1 Å². The molecule has 2 aromatic rings. The second-order valence-corrected chi connectivity index (χ2v) is 10.5. The van der Waals surface area contributed by atoms with Gasteiger partial charge in [-0.15, -0.1) is 0 Å². The number of nitrogens with zero attached hydrogens (tertiary/aromatic N) is 2. The molecule has 1 saturated carbocycles. The quantitative estimate of drug-likeness (QED) is 0.651. The normalized spacial score (nSPS) is 18.4. The molecule has 0 radical (unpaired) electrons. The van der Waals surface area contributed by atoms with E-state index in [1.165, 1.54) is 23.1 Å². The van der Waals surface area contributed by atoms with Gasteiger partial charge in [-0.1, -0.05) is 48.9 Å². The van der Waals surface area contributed by atoms with E-state index in [2.05, 4.69) is 74.3 Å². The number of ether oxygens (including phenoxy) is 1. The first-order valence-corrected chi connectivity index (χ1v) is 11.9. The number of carbonyl (C=O) groups is 1. The van der Waals surface area contributed by atoms with Crippen LogP contribution >= 0.6 is 0 Å². The SMILES string of the molecule is CN(Cc1ccc(-c2cccc(CN3CC4(CCCCC4)OC3=O)c2)cc1)CC(C)(C)N. The van der Waals surface area contributed by atoms with Gasteiger partial charge >= 0.3 is 6.09 Å². The topological polar surface area (TPSA) is 58.8 Å². The van der Waals surface area contributed by atoms with E-state index in [1.54, 1.807) is 0 Å². The van der Waals surface area contributed by atoms with Crippen molar-refractivity contribution in [2.75, 3.05) is 20.1 Å². The van der Waals surface area contributed by atoms with E-state index in [4.69, 9.17) is 10.5 Å². The van der Waals surface area contributed by atoms with Crippen LogP contribution in [0.1, 0.15) is 57.1 Å². The van der Waals surface area contributed by atoms with Crippen molar-refractivity contribution in [3.8, 4) is 11.1 Å². The van der Waals surface area contributed by atoms with Crippen LogP contribution in [0.3, 0.4) is 0 Å². The summed E-state index contributed by atoms with van der Waals surface area (Å²) in [6.07, 6.45) is 5.41. The van der Waals surface area contributed by atoms with E-state index in [0.29, 0.717) is 6.54 Å². The molecule has 5 heteroatoms. The lowest BCUT2D eigenvalue weighted by molar-refractivity contribution is 0.0260. The number of hydrogen-bond acceptors (Lipinski definition) is 4. The highest BCUT2D eigenvalue weighted by Crippen LogP contribution is 2.37. The molecule has 0 bridgehead atoms. The second kappa shape index (κ2) is 9.24. The molecule has 32 heavy (non-hydrogen) atoms. The van der Waals surface area contributed by atoms with E-state index >= 15 is 0 Å². The molecule has 5 nitrogen and oxygen atoms in total. The van der Waals surface area contributed by atoms with Crippen molar-refractivity contribution in [2.45, 2.75) is 70.2 Å². The minimum Gasteiger partial charge on any atom is -0.441 e. The first-order chi connectivity index (χ1) is 15.2. The summed E-state index contributed by atoms with van der Waals surface area (Å²) in [5.74, 6) is 0. The Morgan fingerprint density at radius 1 is 1.03 bits per heavy atom. The lowest BCUT2D eigenvalue weighted by Crippen LogP contribution is -2.43. The van der Waals surface area contributed by atoms with E-state index in [-0.39, 0.29) is 17.2 Å². The fraction of sp³-hybridized carbons (Fsp3) is 0.519. The maximum Gasteiger partial charge on any atom is 0.410 e. The fourth-order valence-corrected chi connectivity index (χ4v) is 5.21. The summed E-state index contributed by atoms with van der Waals surface area (Å²) in [7, 11) is 2.10. The smallest absolute Gasteiger partial charge is 0.410 e. The molecule has 172 valence electrons. The van der Waals surface area contributed by atoms with Crippen molar-refractivity contribution in [3.63, 3.8) is 0 Å². The van der Waals surface area contributed by atoms with Crippen molar-refractivity contribution >= 4 is 6.09 Å². The van der Waals surface area contributed by atoms with Gasteiger partial charge in [-0.2, -0.15) is 0 Å². The molecule has 1 saturated heterocycles. The number of rotatable bonds is 7. The van der Waals surface area contributed by atoms with Gasteiger partial charge in [-0.25, -0.2) is 4.79 Å². The summed E-state index contributed by atoms with van der Waals surface area (Å²) in [5.41, 5.74) is 10.5. The number of likely N-dealkylation sites (N-methyl/N-ethyl adjacent to an activating group) is 1. The van der Waals surface area contributed by atoms with Crippen molar-refractivity contribution in [1.82, 2.24) is 9.80 Å². The predicted octanol–water partition coefficient (Wildman–Crippen LogP) is 5.18. The van der Waals surface area contributed by atoms with E-state index in [9.17, 15) is 4.79 Å². The summed E-state index contributed by atoms with van der Waals surface area (Å²) >= 11 is 0. The molecular weight excluding hydrogens is 398 g/mol. The third-order valence-corrected chi connectivity index (χ3v) is 6.52. The highest BCUT2D eigenvalue weighted by Gasteiger charge is 2.45. The summed E-state index contributed by atoms with van der Waals surface area (Å²) in [5, 5.41) is 0. The summed E-state index contributed by atoms with van der Waals surface area (Å²) in [4.78, 5) is 16.6. The number of nitrogens with two attached hydrogens (primary N) is 1. The molecule has 4 rings (SSSR count). The van der Waals surface area contributed by atoms with Crippen molar-refractivity contribution in [2.24, 2.45) is 5.73 Å². The zero-order valence-electron chi connectivity index (χ0n) is 19.8. The zero-order chi connectivity index (χ0) is 22.8. The molecule has 1 spiro atoms. The van der Waals surface area contributed by atoms with Crippen LogP contribution in [-0.4, -0.2) is 47.2 Å². The Morgan fingerprint density at radius 2 is 1.75 bits per heavy atom. The Kier molecular flexibility index (Phi) is 6.59. The van der Waals surface area contributed by atoms with Gasteiger partial charge in [0.25, 0.3) is 0 Å². The Morgan fingerprint density at radius 3 is 2.44 bits per heavy atom. The van der Waals surface area contributed by atoms with Crippen LogP contribution in [0.2, 0.25) is 0 Å².